The smallest absolute Gasteiger partial charge is 0.344 e. The van der Waals surface area contributed by atoms with Gasteiger partial charge in [-0.2, -0.15) is 0 Å². The highest BCUT2D eigenvalue weighted by molar-refractivity contribution is 6.30. The number of ether oxygens (including phenoxy) is 2. The molecule has 0 saturated heterocycles. The number of hydrogen-bond acceptors (Lipinski definition) is 5. The molecule has 0 aliphatic rings. The lowest BCUT2D eigenvalue weighted by Gasteiger charge is -2.09. The summed E-state index contributed by atoms with van der Waals surface area (Å²) in [5, 5.41) is 4.53. The molecule has 2 aromatic carbocycles. The normalized spacial score (nSPS) is 10.7. The molecule has 0 aliphatic heterocycles. The number of halogens is 2. The zero-order valence-corrected chi connectivity index (χ0v) is 15.5. The lowest BCUT2D eigenvalue weighted by molar-refractivity contribution is -0.147. The van der Waals surface area contributed by atoms with Gasteiger partial charge in [-0.25, -0.2) is 9.18 Å². The minimum Gasteiger partial charge on any atom is -0.482 e. The van der Waals surface area contributed by atoms with Gasteiger partial charge in [0.2, 0.25) is 0 Å². The summed E-state index contributed by atoms with van der Waals surface area (Å²) in [5.74, 6) is 0.206. The molecule has 7 heteroatoms. The Kier molecular flexibility index (Phi) is 5.76. The first-order chi connectivity index (χ1) is 12.9. The maximum atomic E-state index is 13.0. The molecule has 3 aromatic rings. The van der Waals surface area contributed by atoms with Crippen LogP contribution in [0.4, 0.5) is 4.39 Å². The van der Waals surface area contributed by atoms with E-state index in [4.69, 9.17) is 25.6 Å². The van der Waals surface area contributed by atoms with Crippen LogP contribution in [0.25, 0.3) is 11.3 Å². The number of rotatable bonds is 6. The Bertz CT molecular complexity index is 953. The fourth-order valence-corrected chi connectivity index (χ4v) is 2.70. The van der Waals surface area contributed by atoms with Gasteiger partial charge < -0.3 is 14.0 Å². The number of nitrogens with zero attached hydrogens (tertiary/aromatic N) is 1. The standard InChI is InChI=1S/C20H17ClFNO4/c1-12-9-15(21)5-8-18(12)25-11-19(24)26-10-17-13(2)20(27-23-17)14-3-6-16(22)7-4-14/h3-9H,10-11H2,1-2H3. The Morgan fingerprint density at radius 1 is 1.19 bits per heavy atom. The molecule has 0 unspecified atom stereocenters. The van der Waals surface area contributed by atoms with Gasteiger partial charge in [-0.05, 0) is 61.9 Å². The first-order valence-electron chi connectivity index (χ1n) is 8.19. The largest absolute Gasteiger partial charge is 0.482 e. The molecule has 1 heterocycles. The van der Waals surface area contributed by atoms with Crippen molar-refractivity contribution in [3.8, 4) is 17.1 Å². The summed E-state index contributed by atoms with van der Waals surface area (Å²) in [5.41, 5.74) is 2.74. The van der Waals surface area contributed by atoms with Crippen LogP contribution in [-0.2, 0) is 16.1 Å². The van der Waals surface area contributed by atoms with Gasteiger partial charge in [-0.3, -0.25) is 0 Å². The third-order valence-corrected chi connectivity index (χ3v) is 4.21. The summed E-state index contributed by atoms with van der Waals surface area (Å²) in [7, 11) is 0. The fraction of sp³-hybridized carbons (Fsp3) is 0.200. The molecule has 3 rings (SSSR count). The van der Waals surface area contributed by atoms with Crippen LogP contribution in [0.1, 0.15) is 16.8 Å². The highest BCUT2D eigenvalue weighted by Crippen LogP contribution is 2.26. The van der Waals surface area contributed by atoms with Gasteiger partial charge in [0, 0.05) is 16.1 Å². The van der Waals surface area contributed by atoms with Crippen LogP contribution in [-0.4, -0.2) is 17.7 Å². The molecule has 5 nitrogen and oxygen atoms in total. The second-order valence-corrected chi connectivity index (χ2v) is 6.39. The van der Waals surface area contributed by atoms with Gasteiger partial charge >= 0.3 is 5.97 Å². The SMILES string of the molecule is Cc1cc(Cl)ccc1OCC(=O)OCc1noc(-c2ccc(F)cc2)c1C. The number of esters is 1. The van der Waals surface area contributed by atoms with Crippen molar-refractivity contribution in [3.63, 3.8) is 0 Å². The number of carbonyl (C=O) groups excluding carboxylic acids is 1. The summed E-state index contributed by atoms with van der Waals surface area (Å²) in [6, 6.07) is 11.0. The van der Waals surface area contributed by atoms with Crippen LogP contribution < -0.4 is 4.74 Å². The van der Waals surface area contributed by atoms with Crippen molar-refractivity contribution >= 4 is 17.6 Å². The van der Waals surface area contributed by atoms with Crippen molar-refractivity contribution in [1.29, 1.82) is 0 Å². The molecular weight excluding hydrogens is 373 g/mol. The Hall–Kier alpha value is -2.86. The summed E-state index contributed by atoms with van der Waals surface area (Å²) in [6.45, 7) is 3.36. The number of aromatic nitrogens is 1. The number of carbonyl (C=O) groups is 1. The van der Waals surface area contributed by atoms with Crippen molar-refractivity contribution < 1.29 is 23.2 Å². The van der Waals surface area contributed by atoms with E-state index in [0.717, 1.165) is 11.1 Å². The zero-order valence-electron chi connectivity index (χ0n) is 14.8. The molecule has 0 radical (unpaired) electrons. The molecule has 0 N–H and O–H groups in total. The zero-order chi connectivity index (χ0) is 19.4. The molecule has 0 atom stereocenters. The van der Waals surface area contributed by atoms with Crippen LogP contribution in [0.15, 0.2) is 47.0 Å². The van der Waals surface area contributed by atoms with E-state index in [0.29, 0.717) is 27.8 Å². The van der Waals surface area contributed by atoms with Gasteiger partial charge in [0.25, 0.3) is 0 Å². The third kappa shape index (κ3) is 4.65. The van der Waals surface area contributed by atoms with Gasteiger partial charge in [0.1, 0.15) is 23.9 Å². The second-order valence-electron chi connectivity index (χ2n) is 5.95. The quantitative estimate of drug-likeness (QED) is 0.562. The molecule has 0 saturated carbocycles. The van der Waals surface area contributed by atoms with Crippen molar-refractivity contribution in [3.05, 3.63) is 70.1 Å². The van der Waals surface area contributed by atoms with E-state index in [1.54, 1.807) is 37.3 Å². The molecule has 140 valence electrons. The van der Waals surface area contributed by atoms with E-state index in [9.17, 15) is 9.18 Å². The van der Waals surface area contributed by atoms with Gasteiger partial charge in [-0.15, -0.1) is 0 Å². The Morgan fingerprint density at radius 2 is 1.93 bits per heavy atom. The van der Waals surface area contributed by atoms with Crippen molar-refractivity contribution in [2.45, 2.75) is 20.5 Å². The van der Waals surface area contributed by atoms with Gasteiger partial charge in [0.05, 0.1) is 0 Å². The van der Waals surface area contributed by atoms with Crippen LogP contribution in [0.2, 0.25) is 5.02 Å². The van der Waals surface area contributed by atoms with E-state index >= 15 is 0 Å². The average Bonchev–Trinajstić information content (AvgIpc) is 3.00. The van der Waals surface area contributed by atoms with Crippen LogP contribution in [0.3, 0.4) is 0 Å². The molecule has 1 aromatic heterocycles. The number of hydrogen-bond donors (Lipinski definition) is 0. The molecule has 0 bridgehead atoms. The highest BCUT2D eigenvalue weighted by Gasteiger charge is 2.16. The second kappa shape index (κ2) is 8.22. The predicted molar refractivity (Wildman–Crippen MR) is 98.1 cm³/mol. The van der Waals surface area contributed by atoms with Crippen molar-refractivity contribution in [1.82, 2.24) is 5.16 Å². The summed E-state index contributed by atoms with van der Waals surface area (Å²) in [4.78, 5) is 11.9. The lowest BCUT2D eigenvalue weighted by atomic mass is 10.1. The average molecular weight is 390 g/mol. The fourth-order valence-electron chi connectivity index (χ4n) is 2.48. The first kappa shape index (κ1) is 18.9. The summed E-state index contributed by atoms with van der Waals surface area (Å²) >= 11 is 5.88. The number of benzene rings is 2. The molecule has 0 amide bonds. The van der Waals surface area contributed by atoms with Crippen molar-refractivity contribution in [2.24, 2.45) is 0 Å². The summed E-state index contributed by atoms with van der Waals surface area (Å²) in [6.07, 6.45) is 0. The molecule has 27 heavy (non-hydrogen) atoms. The summed E-state index contributed by atoms with van der Waals surface area (Å²) < 4.78 is 29.0. The van der Waals surface area contributed by atoms with E-state index in [1.165, 1.54) is 12.1 Å². The maximum absolute atomic E-state index is 13.0. The number of aryl methyl sites for hydroxylation is 1. The van der Waals surface area contributed by atoms with E-state index < -0.39 is 5.97 Å². The molecule has 0 spiro atoms. The highest BCUT2D eigenvalue weighted by atomic mass is 35.5. The third-order valence-electron chi connectivity index (χ3n) is 3.98. The minimum atomic E-state index is -0.532. The predicted octanol–water partition coefficient (Wildman–Crippen LogP) is 4.87. The maximum Gasteiger partial charge on any atom is 0.344 e. The van der Waals surface area contributed by atoms with Gasteiger partial charge in [0.15, 0.2) is 12.4 Å². The van der Waals surface area contributed by atoms with E-state index in [-0.39, 0.29) is 19.0 Å². The van der Waals surface area contributed by atoms with Crippen LogP contribution >= 0.6 is 11.6 Å². The minimum absolute atomic E-state index is 0.0433. The first-order valence-corrected chi connectivity index (χ1v) is 8.57. The van der Waals surface area contributed by atoms with E-state index in [2.05, 4.69) is 5.16 Å². The van der Waals surface area contributed by atoms with Crippen LogP contribution in [0.5, 0.6) is 5.75 Å². The Morgan fingerprint density at radius 3 is 2.63 bits per heavy atom. The topological polar surface area (TPSA) is 61.6 Å². The van der Waals surface area contributed by atoms with E-state index in [1.807, 2.05) is 6.92 Å². The monoisotopic (exact) mass is 389 g/mol. The Balaban J connectivity index is 1.57. The van der Waals surface area contributed by atoms with Crippen molar-refractivity contribution in [2.75, 3.05) is 6.61 Å². The molecule has 0 fully saturated rings. The molecule has 0 aliphatic carbocycles. The van der Waals surface area contributed by atoms with Gasteiger partial charge in [-0.1, -0.05) is 16.8 Å². The Labute approximate surface area is 160 Å². The molecular formula is C20H17ClFNO4. The van der Waals surface area contributed by atoms with Crippen LogP contribution in [0, 0.1) is 19.7 Å². The lowest BCUT2D eigenvalue weighted by Crippen LogP contribution is -2.15.